The number of carbonyl (C=O) groups is 1. The second-order valence-electron chi connectivity index (χ2n) is 5.75. The largest absolute Gasteiger partial charge is 0.388 e. The van der Waals surface area contributed by atoms with E-state index in [-0.39, 0.29) is 5.91 Å². The molecule has 16 heavy (non-hydrogen) atoms. The summed E-state index contributed by atoms with van der Waals surface area (Å²) in [4.78, 5) is 13.7. The Kier molecular flexibility index (Phi) is 3.53. The van der Waals surface area contributed by atoms with Crippen molar-refractivity contribution >= 4 is 5.91 Å². The highest BCUT2D eigenvalue weighted by Crippen LogP contribution is 2.29. The molecule has 3 heteroatoms. The number of β-amino-alcohol motifs (C(OH)–C–C–N with tert-alkyl or cyclic N) is 1. The van der Waals surface area contributed by atoms with E-state index in [4.69, 9.17) is 0 Å². The molecular weight excluding hydrogens is 202 g/mol. The van der Waals surface area contributed by atoms with Crippen molar-refractivity contribution in [3.63, 3.8) is 0 Å². The SMILES string of the molecule is CC1(O)CCN(C(=O)CCC2CCCC2)C1. The molecule has 0 spiro atoms. The van der Waals surface area contributed by atoms with Crippen LogP contribution in [0, 0.1) is 5.92 Å². The van der Waals surface area contributed by atoms with Gasteiger partial charge in [0.2, 0.25) is 5.91 Å². The number of rotatable bonds is 3. The van der Waals surface area contributed by atoms with Crippen LogP contribution in [-0.4, -0.2) is 34.6 Å². The third-order valence-electron chi connectivity index (χ3n) is 4.05. The maximum Gasteiger partial charge on any atom is 0.222 e. The van der Waals surface area contributed by atoms with Gasteiger partial charge < -0.3 is 10.0 Å². The third-order valence-corrected chi connectivity index (χ3v) is 4.05. The summed E-state index contributed by atoms with van der Waals surface area (Å²) in [5.41, 5.74) is -0.650. The van der Waals surface area contributed by atoms with Gasteiger partial charge in [-0.05, 0) is 25.7 Å². The highest BCUT2D eigenvalue weighted by molar-refractivity contribution is 5.76. The van der Waals surface area contributed by atoms with Crippen LogP contribution in [0.25, 0.3) is 0 Å². The summed E-state index contributed by atoms with van der Waals surface area (Å²) in [6.45, 7) is 3.07. The number of hydrogen-bond acceptors (Lipinski definition) is 2. The van der Waals surface area contributed by atoms with Gasteiger partial charge in [-0.15, -0.1) is 0 Å². The van der Waals surface area contributed by atoms with E-state index in [1.807, 2.05) is 11.8 Å². The standard InChI is InChI=1S/C13H23NO2/c1-13(16)8-9-14(10-13)12(15)7-6-11-4-2-3-5-11/h11,16H,2-10H2,1H3. The van der Waals surface area contributed by atoms with Crippen molar-refractivity contribution in [1.82, 2.24) is 4.90 Å². The first-order valence-corrected chi connectivity index (χ1v) is 6.57. The fourth-order valence-electron chi connectivity index (χ4n) is 2.94. The third kappa shape index (κ3) is 2.97. The predicted molar refractivity (Wildman–Crippen MR) is 63.0 cm³/mol. The van der Waals surface area contributed by atoms with E-state index in [0.717, 1.165) is 25.3 Å². The number of likely N-dealkylation sites (tertiary alicyclic amines) is 1. The zero-order valence-electron chi connectivity index (χ0n) is 10.2. The quantitative estimate of drug-likeness (QED) is 0.797. The van der Waals surface area contributed by atoms with E-state index < -0.39 is 5.60 Å². The first kappa shape index (κ1) is 11.9. The van der Waals surface area contributed by atoms with Crippen molar-refractivity contribution < 1.29 is 9.90 Å². The van der Waals surface area contributed by atoms with Crippen LogP contribution in [0.4, 0.5) is 0 Å². The molecule has 92 valence electrons. The highest BCUT2D eigenvalue weighted by Gasteiger charge is 2.33. The Morgan fingerprint density at radius 3 is 2.69 bits per heavy atom. The van der Waals surface area contributed by atoms with Crippen LogP contribution >= 0.6 is 0 Å². The molecular formula is C13H23NO2. The molecule has 0 aromatic rings. The molecule has 0 aromatic carbocycles. The summed E-state index contributed by atoms with van der Waals surface area (Å²) >= 11 is 0. The van der Waals surface area contributed by atoms with Crippen LogP contribution in [0.1, 0.15) is 51.9 Å². The van der Waals surface area contributed by atoms with Gasteiger partial charge in [-0.3, -0.25) is 4.79 Å². The molecule has 0 aromatic heterocycles. The zero-order valence-corrected chi connectivity index (χ0v) is 10.2. The summed E-state index contributed by atoms with van der Waals surface area (Å²) in [6.07, 6.45) is 7.77. The van der Waals surface area contributed by atoms with Crippen LogP contribution in [0.3, 0.4) is 0 Å². The molecule has 1 saturated carbocycles. The van der Waals surface area contributed by atoms with Crippen LogP contribution < -0.4 is 0 Å². The number of amides is 1. The first-order valence-electron chi connectivity index (χ1n) is 6.57. The van der Waals surface area contributed by atoms with E-state index in [9.17, 15) is 9.90 Å². The Morgan fingerprint density at radius 2 is 2.12 bits per heavy atom. The van der Waals surface area contributed by atoms with Crippen molar-refractivity contribution in [2.24, 2.45) is 5.92 Å². The molecule has 1 heterocycles. The average molecular weight is 225 g/mol. The molecule has 1 N–H and O–H groups in total. The van der Waals surface area contributed by atoms with Gasteiger partial charge in [0.05, 0.1) is 5.60 Å². The molecule has 1 atom stereocenters. The van der Waals surface area contributed by atoms with E-state index in [1.54, 1.807) is 0 Å². The molecule has 2 aliphatic rings. The van der Waals surface area contributed by atoms with E-state index in [2.05, 4.69) is 0 Å². The molecule has 1 aliphatic carbocycles. The van der Waals surface area contributed by atoms with Crippen LogP contribution in [-0.2, 0) is 4.79 Å². The second kappa shape index (κ2) is 4.74. The minimum absolute atomic E-state index is 0.240. The Labute approximate surface area is 97.8 Å². The fourth-order valence-corrected chi connectivity index (χ4v) is 2.94. The number of hydrogen-bond donors (Lipinski definition) is 1. The molecule has 0 radical (unpaired) electrons. The summed E-state index contributed by atoms with van der Waals surface area (Å²) in [5.74, 6) is 1.02. The molecule has 2 fully saturated rings. The van der Waals surface area contributed by atoms with E-state index in [1.165, 1.54) is 25.7 Å². The summed E-state index contributed by atoms with van der Waals surface area (Å²) in [5, 5.41) is 9.80. The van der Waals surface area contributed by atoms with Gasteiger partial charge in [0, 0.05) is 19.5 Å². The topological polar surface area (TPSA) is 40.5 Å². The smallest absolute Gasteiger partial charge is 0.222 e. The normalized spacial score (nSPS) is 31.2. The Hall–Kier alpha value is -0.570. The molecule has 1 aliphatic heterocycles. The van der Waals surface area contributed by atoms with Gasteiger partial charge in [-0.1, -0.05) is 25.7 Å². The Balaban J connectivity index is 1.71. The summed E-state index contributed by atoms with van der Waals surface area (Å²) in [6, 6.07) is 0. The predicted octanol–water partition coefficient (Wildman–Crippen LogP) is 1.94. The lowest BCUT2D eigenvalue weighted by atomic mass is 10.0. The van der Waals surface area contributed by atoms with Crippen molar-refractivity contribution in [3.05, 3.63) is 0 Å². The first-order chi connectivity index (χ1) is 7.57. The summed E-state index contributed by atoms with van der Waals surface area (Å²) in [7, 11) is 0. The van der Waals surface area contributed by atoms with Crippen molar-refractivity contribution in [2.45, 2.75) is 57.5 Å². The van der Waals surface area contributed by atoms with Gasteiger partial charge >= 0.3 is 0 Å². The lowest BCUT2D eigenvalue weighted by molar-refractivity contribution is -0.131. The van der Waals surface area contributed by atoms with E-state index >= 15 is 0 Å². The van der Waals surface area contributed by atoms with Crippen molar-refractivity contribution in [1.29, 1.82) is 0 Å². The van der Waals surface area contributed by atoms with Gasteiger partial charge in [0.15, 0.2) is 0 Å². The maximum atomic E-state index is 11.9. The number of nitrogens with zero attached hydrogens (tertiary/aromatic N) is 1. The van der Waals surface area contributed by atoms with Gasteiger partial charge in [-0.25, -0.2) is 0 Å². The van der Waals surface area contributed by atoms with E-state index in [0.29, 0.717) is 13.0 Å². The highest BCUT2D eigenvalue weighted by atomic mass is 16.3. The lowest BCUT2D eigenvalue weighted by Gasteiger charge is -2.19. The second-order valence-corrected chi connectivity index (χ2v) is 5.75. The molecule has 2 rings (SSSR count). The molecule has 1 saturated heterocycles. The lowest BCUT2D eigenvalue weighted by Crippen LogP contribution is -2.33. The number of carbonyl (C=O) groups excluding carboxylic acids is 1. The monoisotopic (exact) mass is 225 g/mol. The summed E-state index contributed by atoms with van der Waals surface area (Å²) < 4.78 is 0. The molecule has 3 nitrogen and oxygen atoms in total. The van der Waals surface area contributed by atoms with Crippen LogP contribution in [0.5, 0.6) is 0 Å². The molecule has 0 bridgehead atoms. The van der Waals surface area contributed by atoms with Gasteiger partial charge in [0.25, 0.3) is 0 Å². The van der Waals surface area contributed by atoms with Gasteiger partial charge in [0.1, 0.15) is 0 Å². The number of aliphatic hydroxyl groups is 1. The molecule has 1 amide bonds. The van der Waals surface area contributed by atoms with Crippen molar-refractivity contribution in [2.75, 3.05) is 13.1 Å². The fraction of sp³-hybridized carbons (Fsp3) is 0.923. The van der Waals surface area contributed by atoms with Crippen LogP contribution in [0.15, 0.2) is 0 Å². The Morgan fingerprint density at radius 1 is 1.44 bits per heavy atom. The van der Waals surface area contributed by atoms with Crippen molar-refractivity contribution in [3.8, 4) is 0 Å². The minimum atomic E-state index is -0.650. The van der Waals surface area contributed by atoms with Crippen LogP contribution in [0.2, 0.25) is 0 Å². The minimum Gasteiger partial charge on any atom is -0.388 e. The maximum absolute atomic E-state index is 11.9. The average Bonchev–Trinajstić information content (AvgIpc) is 2.83. The Bertz CT molecular complexity index is 257. The zero-order chi connectivity index (χ0) is 11.6. The van der Waals surface area contributed by atoms with Gasteiger partial charge in [-0.2, -0.15) is 0 Å². The molecule has 1 unspecified atom stereocenters.